The van der Waals surface area contributed by atoms with Crippen molar-refractivity contribution in [3.63, 3.8) is 0 Å². The van der Waals surface area contributed by atoms with Crippen LogP contribution in [0.15, 0.2) is 40.0 Å². The van der Waals surface area contributed by atoms with Gasteiger partial charge in [0.15, 0.2) is 11.5 Å². The lowest BCUT2D eigenvalue weighted by Gasteiger charge is -2.14. The quantitative estimate of drug-likeness (QED) is 0.302. The number of nitro benzene ring substituents is 2. The van der Waals surface area contributed by atoms with Crippen LogP contribution in [-0.2, 0) is 0 Å². The lowest BCUT2D eigenvalue weighted by molar-refractivity contribution is -0.394. The maximum absolute atomic E-state index is 11.2. The SMILES string of the molecule is CCOc1cc(C=NO)cc(Br)c1Oc1ccc([N+](=O)[O-])cc1[N+](=O)[O-]. The van der Waals surface area contributed by atoms with Crippen molar-refractivity contribution in [2.24, 2.45) is 5.16 Å². The summed E-state index contributed by atoms with van der Waals surface area (Å²) in [5.74, 6) is 0.189. The number of benzene rings is 2. The molecule has 136 valence electrons. The largest absolute Gasteiger partial charge is 0.490 e. The average Bonchev–Trinajstić information content (AvgIpc) is 2.58. The van der Waals surface area contributed by atoms with Gasteiger partial charge in [-0.05, 0) is 41.1 Å². The molecule has 2 aromatic carbocycles. The Morgan fingerprint density at radius 3 is 2.50 bits per heavy atom. The van der Waals surface area contributed by atoms with Crippen LogP contribution in [0.5, 0.6) is 17.2 Å². The first-order valence-corrected chi connectivity index (χ1v) is 7.91. The summed E-state index contributed by atoms with van der Waals surface area (Å²) in [5, 5.41) is 33.6. The van der Waals surface area contributed by atoms with Crippen molar-refractivity contribution < 1.29 is 24.5 Å². The summed E-state index contributed by atoms with van der Waals surface area (Å²) in [7, 11) is 0. The van der Waals surface area contributed by atoms with Crippen LogP contribution < -0.4 is 9.47 Å². The third-order valence-electron chi connectivity index (χ3n) is 3.10. The molecule has 0 aliphatic heterocycles. The van der Waals surface area contributed by atoms with Gasteiger partial charge >= 0.3 is 5.69 Å². The Kier molecular flexibility index (Phi) is 6.07. The first-order chi connectivity index (χ1) is 12.4. The van der Waals surface area contributed by atoms with Gasteiger partial charge in [-0.2, -0.15) is 0 Å². The van der Waals surface area contributed by atoms with Crippen molar-refractivity contribution in [1.82, 2.24) is 0 Å². The van der Waals surface area contributed by atoms with Gasteiger partial charge in [-0.15, -0.1) is 0 Å². The molecule has 26 heavy (non-hydrogen) atoms. The Balaban J connectivity index is 2.53. The number of rotatable bonds is 7. The second kappa shape index (κ2) is 8.25. The second-order valence-corrected chi connectivity index (χ2v) is 5.63. The van der Waals surface area contributed by atoms with Gasteiger partial charge in [0.05, 0.1) is 33.2 Å². The predicted octanol–water partition coefficient (Wildman–Crippen LogP) is 4.26. The summed E-state index contributed by atoms with van der Waals surface area (Å²) in [6.07, 6.45) is 1.17. The molecule has 0 fully saturated rings. The maximum Gasteiger partial charge on any atom is 0.318 e. The maximum atomic E-state index is 11.2. The molecule has 0 aromatic heterocycles. The number of ether oxygens (including phenoxy) is 2. The summed E-state index contributed by atoms with van der Waals surface area (Å²) in [6.45, 7) is 2.02. The molecule has 0 amide bonds. The fraction of sp³-hybridized carbons (Fsp3) is 0.133. The van der Waals surface area contributed by atoms with E-state index in [0.29, 0.717) is 10.0 Å². The molecule has 11 heteroatoms. The van der Waals surface area contributed by atoms with E-state index in [0.717, 1.165) is 18.2 Å². The van der Waals surface area contributed by atoms with E-state index in [4.69, 9.17) is 14.7 Å². The predicted molar refractivity (Wildman–Crippen MR) is 94.5 cm³/mol. The fourth-order valence-electron chi connectivity index (χ4n) is 2.05. The van der Waals surface area contributed by atoms with Crippen LogP contribution in [0, 0.1) is 20.2 Å². The standard InChI is InChI=1S/C15H12BrN3O7/c1-2-25-14-6-9(8-17-20)5-11(16)15(14)26-13-4-3-10(18(21)22)7-12(13)19(23)24/h3-8,20H,2H2,1H3. The van der Waals surface area contributed by atoms with E-state index in [2.05, 4.69) is 21.1 Å². The molecule has 0 aliphatic carbocycles. The van der Waals surface area contributed by atoms with Crippen molar-refractivity contribution >= 4 is 33.5 Å². The Morgan fingerprint density at radius 2 is 1.92 bits per heavy atom. The summed E-state index contributed by atoms with van der Waals surface area (Å²) in [4.78, 5) is 20.5. The molecule has 2 rings (SSSR count). The van der Waals surface area contributed by atoms with E-state index in [9.17, 15) is 20.2 Å². The number of hydrogen-bond donors (Lipinski definition) is 1. The van der Waals surface area contributed by atoms with Crippen LogP contribution in [0.4, 0.5) is 11.4 Å². The van der Waals surface area contributed by atoms with Gasteiger partial charge in [0.2, 0.25) is 5.75 Å². The second-order valence-electron chi connectivity index (χ2n) is 4.78. The third kappa shape index (κ3) is 4.25. The van der Waals surface area contributed by atoms with Crippen LogP contribution in [0.3, 0.4) is 0 Å². The number of nitro groups is 2. The number of oxime groups is 1. The van der Waals surface area contributed by atoms with E-state index in [-0.39, 0.29) is 23.9 Å². The number of halogens is 1. The van der Waals surface area contributed by atoms with Crippen molar-refractivity contribution in [2.75, 3.05) is 6.61 Å². The summed E-state index contributed by atoms with van der Waals surface area (Å²) >= 11 is 3.27. The highest BCUT2D eigenvalue weighted by Crippen LogP contribution is 2.42. The van der Waals surface area contributed by atoms with Gasteiger partial charge in [-0.1, -0.05) is 5.16 Å². The Bertz CT molecular complexity index is 886. The van der Waals surface area contributed by atoms with E-state index in [1.807, 2.05) is 0 Å². The Morgan fingerprint density at radius 1 is 1.19 bits per heavy atom. The molecule has 0 saturated heterocycles. The van der Waals surface area contributed by atoms with E-state index < -0.39 is 21.2 Å². The zero-order valence-electron chi connectivity index (χ0n) is 13.3. The topological polar surface area (TPSA) is 137 Å². The van der Waals surface area contributed by atoms with Crippen LogP contribution in [0.2, 0.25) is 0 Å². The fourth-order valence-corrected chi connectivity index (χ4v) is 2.59. The van der Waals surface area contributed by atoms with Crippen molar-refractivity contribution in [3.8, 4) is 17.2 Å². The zero-order chi connectivity index (χ0) is 19.3. The highest BCUT2D eigenvalue weighted by molar-refractivity contribution is 9.10. The highest BCUT2D eigenvalue weighted by Gasteiger charge is 2.23. The average molecular weight is 426 g/mol. The smallest absolute Gasteiger partial charge is 0.318 e. The van der Waals surface area contributed by atoms with Crippen LogP contribution in [0.1, 0.15) is 12.5 Å². The summed E-state index contributed by atoms with van der Waals surface area (Å²) in [6, 6.07) is 6.12. The molecular weight excluding hydrogens is 414 g/mol. The van der Waals surface area contributed by atoms with Crippen LogP contribution in [-0.4, -0.2) is 27.9 Å². The zero-order valence-corrected chi connectivity index (χ0v) is 14.9. The summed E-state index contributed by atoms with van der Waals surface area (Å²) in [5.41, 5.74) is -0.495. The lowest BCUT2D eigenvalue weighted by atomic mass is 10.2. The van der Waals surface area contributed by atoms with Crippen molar-refractivity contribution in [3.05, 3.63) is 60.6 Å². The molecule has 0 heterocycles. The van der Waals surface area contributed by atoms with Gasteiger partial charge in [0.1, 0.15) is 0 Å². The molecule has 10 nitrogen and oxygen atoms in total. The lowest BCUT2D eigenvalue weighted by Crippen LogP contribution is -2.00. The number of hydrogen-bond acceptors (Lipinski definition) is 8. The number of nitrogens with zero attached hydrogens (tertiary/aromatic N) is 3. The highest BCUT2D eigenvalue weighted by atomic mass is 79.9. The Hall–Kier alpha value is -3.21. The molecule has 2 aromatic rings. The van der Waals surface area contributed by atoms with Crippen LogP contribution in [0.25, 0.3) is 0 Å². The van der Waals surface area contributed by atoms with E-state index in [1.165, 1.54) is 12.3 Å². The van der Waals surface area contributed by atoms with E-state index in [1.54, 1.807) is 13.0 Å². The van der Waals surface area contributed by atoms with Gasteiger partial charge in [0, 0.05) is 11.6 Å². The molecule has 0 spiro atoms. The molecule has 0 saturated carbocycles. The summed E-state index contributed by atoms with van der Waals surface area (Å²) < 4.78 is 11.5. The minimum absolute atomic E-state index is 0.138. The first-order valence-electron chi connectivity index (χ1n) is 7.11. The molecule has 0 bridgehead atoms. The van der Waals surface area contributed by atoms with Gasteiger partial charge in [-0.3, -0.25) is 20.2 Å². The molecule has 0 radical (unpaired) electrons. The minimum atomic E-state index is -0.774. The molecular formula is C15H12BrN3O7. The van der Waals surface area contributed by atoms with Crippen molar-refractivity contribution in [1.29, 1.82) is 0 Å². The monoisotopic (exact) mass is 425 g/mol. The molecule has 0 atom stereocenters. The number of non-ortho nitro benzene ring substituents is 1. The minimum Gasteiger partial charge on any atom is -0.490 e. The van der Waals surface area contributed by atoms with Crippen molar-refractivity contribution in [2.45, 2.75) is 6.92 Å². The molecule has 0 aliphatic rings. The first kappa shape index (κ1) is 19.1. The third-order valence-corrected chi connectivity index (χ3v) is 3.69. The Labute approximate surface area is 155 Å². The van der Waals surface area contributed by atoms with Crippen LogP contribution >= 0.6 is 15.9 Å². The van der Waals surface area contributed by atoms with Gasteiger partial charge in [-0.25, -0.2) is 0 Å². The molecule has 0 unspecified atom stereocenters. The normalized spacial score (nSPS) is 10.7. The molecule has 1 N–H and O–H groups in total. The van der Waals surface area contributed by atoms with E-state index >= 15 is 0 Å². The van der Waals surface area contributed by atoms with Gasteiger partial charge < -0.3 is 14.7 Å². The van der Waals surface area contributed by atoms with Gasteiger partial charge in [0.25, 0.3) is 5.69 Å².